The van der Waals surface area contributed by atoms with Gasteiger partial charge in [-0.3, -0.25) is 4.79 Å². The molecule has 1 aromatic heterocycles. The van der Waals surface area contributed by atoms with E-state index < -0.39 is 0 Å². The van der Waals surface area contributed by atoms with E-state index in [4.69, 9.17) is 0 Å². The van der Waals surface area contributed by atoms with Gasteiger partial charge in [-0.25, -0.2) is 4.39 Å². The van der Waals surface area contributed by atoms with Crippen molar-refractivity contribution in [2.24, 2.45) is 4.99 Å². The quantitative estimate of drug-likeness (QED) is 0.703. The Bertz CT molecular complexity index is 938. The van der Waals surface area contributed by atoms with E-state index in [1.807, 2.05) is 6.07 Å². The van der Waals surface area contributed by atoms with E-state index in [1.165, 1.54) is 34.5 Å². The first kappa shape index (κ1) is 16.6. The average Bonchev–Trinajstić information content (AvgIpc) is 2.93. The smallest absolute Gasteiger partial charge is 0.252 e. The summed E-state index contributed by atoms with van der Waals surface area (Å²) in [4.78, 5) is 17.3. The third-order valence-electron chi connectivity index (χ3n) is 3.97. The lowest BCUT2D eigenvalue weighted by atomic mass is 10.1. The van der Waals surface area contributed by atoms with Crippen molar-refractivity contribution in [3.63, 3.8) is 0 Å². The molecule has 0 aliphatic carbocycles. The van der Waals surface area contributed by atoms with Crippen LogP contribution < -0.4 is 4.80 Å². The van der Waals surface area contributed by atoms with Gasteiger partial charge in [0.2, 0.25) is 0 Å². The topological polar surface area (TPSA) is 34.4 Å². The molecule has 24 heavy (non-hydrogen) atoms. The number of hydrogen-bond donors (Lipinski definition) is 0. The van der Waals surface area contributed by atoms with Crippen LogP contribution in [0, 0.1) is 5.82 Å². The number of fused-ring (bicyclic) bond motifs is 1. The van der Waals surface area contributed by atoms with E-state index in [-0.39, 0.29) is 18.1 Å². The summed E-state index contributed by atoms with van der Waals surface area (Å²) in [6.45, 7) is 4.95. The van der Waals surface area contributed by atoms with Crippen molar-refractivity contribution in [3.05, 3.63) is 64.2 Å². The molecule has 2 aromatic carbocycles. The molecule has 0 radical (unpaired) electrons. The Morgan fingerprint density at radius 1 is 1.17 bits per heavy atom. The molecule has 0 spiro atoms. The van der Waals surface area contributed by atoms with Gasteiger partial charge in [0.1, 0.15) is 5.82 Å². The van der Waals surface area contributed by atoms with E-state index >= 15 is 0 Å². The zero-order valence-corrected chi connectivity index (χ0v) is 14.6. The van der Waals surface area contributed by atoms with E-state index in [0.717, 1.165) is 28.0 Å². The molecule has 0 aliphatic heterocycles. The molecule has 5 heteroatoms. The number of rotatable bonds is 4. The minimum atomic E-state index is -0.302. The van der Waals surface area contributed by atoms with E-state index in [0.29, 0.717) is 0 Å². The summed E-state index contributed by atoms with van der Waals surface area (Å²) in [6.07, 6.45) is 1.12. The zero-order chi connectivity index (χ0) is 17.1. The summed E-state index contributed by atoms with van der Waals surface area (Å²) in [7, 11) is 0. The Kier molecular flexibility index (Phi) is 4.90. The van der Waals surface area contributed by atoms with Crippen molar-refractivity contribution in [1.29, 1.82) is 0 Å². The summed E-state index contributed by atoms with van der Waals surface area (Å²) in [5, 5.41) is 0. The van der Waals surface area contributed by atoms with Crippen LogP contribution in [0.5, 0.6) is 0 Å². The third-order valence-corrected chi connectivity index (χ3v) is 5.01. The monoisotopic (exact) mass is 342 g/mol. The van der Waals surface area contributed by atoms with Gasteiger partial charge in [0.25, 0.3) is 5.91 Å². The molecule has 1 amide bonds. The van der Waals surface area contributed by atoms with E-state index in [2.05, 4.69) is 35.5 Å². The molecule has 3 nitrogen and oxygen atoms in total. The predicted octanol–water partition coefficient (Wildman–Crippen LogP) is 4.09. The fraction of sp³-hybridized carbons (Fsp3) is 0.263. The van der Waals surface area contributed by atoms with Crippen molar-refractivity contribution in [3.8, 4) is 0 Å². The van der Waals surface area contributed by atoms with Gasteiger partial charge in [-0.15, -0.1) is 0 Å². The van der Waals surface area contributed by atoms with E-state index in [1.54, 1.807) is 12.1 Å². The van der Waals surface area contributed by atoms with Gasteiger partial charge in [0.05, 0.1) is 16.6 Å². The molecule has 3 rings (SSSR count). The molecular formula is C19H19FN2OS. The van der Waals surface area contributed by atoms with Crippen LogP contribution in [-0.2, 0) is 24.2 Å². The van der Waals surface area contributed by atoms with Crippen molar-refractivity contribution < 1.29 is 9.18 Å². The Balaban J connectivity index is 2.00. The number of para-hydroxylation sites is 1. The number of carbonyl (C=O) groups excluding carboxylic acids is 1. The van der Waals surface area contributed by atoms with Crippen LogP contribution >= 0.6 is 11.3 Å². The van der Waals surface area contributed by atoms with Gasteiger partial charge in [-0.1, -0.05) is 42.5 Å². The van der Waals surface area contributed by atoms with Crippen LogP contribution in [0.2, 0.25) is 0 Å². The second-order valence-electron chi connectivity index (χ2n) is 5.56. The highest BCUT2D eigenvalue weighted by Crippen LogP contribution is 2.22. The number of aryl methyl sites for hydroxylation is 2. The molecule has 0 aliphatic rings. The van der Waals surface area contributed by atoms with Gasteiger partial charge in [-0.2, -0.15) is 4.99 Å². The fourth-order valence-corrected chi connectivity index (χ4v) is 3.95. The second-order valence-corrected chi connectivity index (χ2v) is 6.56. The Morgan fingerprint density at radius 3 is 2.58 bits per heavy atom. The number of thiazole rings is 1. The fourth-order valence-electron chi connectivity index (χ4n) is 2.79. The molecule has 0 unspecified atom stereocenters. The molecule has 0 bridgehead atoms. The first-order valence-electron chi connectivity index (χ1n) is 8.05. The standard InChI is InChI=1S/C19H19FN2OS/c1-3-14-6-5-7-16-18(14)22(4-2)19(24-16)21-17(23)12-13-8-10-15(20)11-9-13/h5-11H,3-4,12H2,1-2H3. The Labute approximate surface area is 144 Å². The minimum Gasteiger partial charge on any atom is -0.316 e. The van der Waals surface area contributed by atoms with Crippen molar-refractivity contribution in [2.45, 2.75) is 33.2 Å². The normalized spacial score (nSPS) is 12.0. The first-order valence-corrected chi connectivity index (χ1v) is 8.87. The summed E-state index contributed by atoms with van der Waals surface area (Å²) >= 11 is 1.53. The number of aromatic nitrogens is 1. The number of nitrogens with zero attached hydrogens (tertiary/aromatic N) is 2. The molecule has 3 aromatic rings. The summed E-state index contributed by atoms with van der Waals surface area (Å²) < 4.78 is 16.2. The van der Waals surface area contributed by atoms with Crippen LogP contribution in [0.1, 0.15) is 25.0 Å². The number of hydrogen-bond acceptors (Lipinski definition) is 2. The third kappa shape index (κ3) is 3.31. The molecule has 0 saturated heterocycles. The van der Waals surface area contributed by atoms with Gasteiger partial charge >= 0.3 is 0 Å². The number of benzene rings is 2. The SMILES string of the molecule is CCc1cccc2sc(=NC(=O)Cc3ccc(F)cc3)n(CC)c12. The molecule has 0 atom stereocenters. The predicted molar refractivity (Wildman–Crippen MR) is 95.5 cm³/mol. The average molecular weight is 342 g/mol. The van der Waals surface area contributed by atoms with Crippen LogP contribution in [0.15, 0.2) is 47.5 Å². The zero-order valence-electron chi connectivity index (χ0n) is 13.8. The molecule has 124 valence electrons. The van der Waals surface area contributed by atoms with Gasteiger partial charge in [0.15, 0.2) is 4.80 Å². The van der Waals surface area contributed by atoms with Crippen LogP contribution in [0.3, 0.4) is 0 Å². The summed E-state index contributed by atoms with van der Waals surface area (Å²) in [6, 6.07) is 12.2. The highest BCUT2D eigenvalue weighted by Gasteiger charge is 2.10. The minimum absolute atomic E-state index is 0.179. The Morgan fingerprint density at radius 2 is 1.92 bits per heavy atom. The first-order chi connectivity index (χ1) is 11.6. The van der Waals surface area contributed by atoms with Crippen molar-refractivity contribution >= 4 is 27.5 Å². The van der Waals surface area contributed by atoms with Crippen molar-refractivity contribution in [1.82, 2.24) is 4.57 Å². The maximum Gasteiger partial charge on any atom is 0.252 e. The van der Waals surface area contributed by atoms with Crippen molar-refractivity contribution in [2.75, 3.05) is 0 Å². The lowest BCUT2D eigenvalue weighted by Crippen LogP contribution is -2.17. The molecule has 0 N–H and O–H groups in total. The lowest BCUT2D eigenvalue weighted by Gasteiger charge is -2.05. The van der Waals surface area contributed by atoms with Crippen LogP contribution in [0.25, 0.3) is 10.2 Å². The highest BCUT2D eigenvalue weighted by molar-refractivity contribution is 7.16. The summed E-state index contributed by atoms with van der Waals surface area (Å²) in [5.74, 6) is -0.517. The number of carbonyl (C=O) groups is 1. The molecule has 1 heterocycles. The highest BCUT2D eigenvalue weighted by atomic mass is 32.1. The van der Waals surface area contributed by atoms with Crippen LogP contribution in [-0.4, -0.2) is 10.5 Å². The number of amides is 1. The van der Waals surface area contributed by atoms with E-state index in [9.17, 15) is 9.18 Å². The molecule has 0 fully saturated rings. The Hall–Kier alpha value is -2.27. The van der Waals surface area contributed by atoms with Crippen LogP contribution in [0.4, 0.5) is 4.39 Å². The van der Waals surface area contributed by atoms with Gasteiger partial charge in [0, 0.05) is 6.54 Å². The number of halogens is 1. The maximum absolute atomic E-state index is 12.9. The summed E-state index contributed by atoms with van der Waals surface area (Å²) in [5.41, 5.74) is 3.20. The molecular weight excluding hydrogens is 323 g/mol. The second kappa shape index (κ2) is 7.09. The van der Waals surface area contributed by atoms with Gasteiger partial charge in [-0.05, 0) is 42.7 Å². The lowest BCUT2D eigenvalue weighted by molar-refractivity contribution is -0.117. The maximum atomic E-state index is 12.9. The molecule has 0 saturated carbocycles. The van der Waals surface area contributed by atoms with Gasteiger partial charge < -0.3 is 4.57 Å². The largest absolute Gasteiger partial charge is 0.316 e.